The van der Waals surface area contributed by atoms with Crippen LogP contribution in [0.3, 0.4) is 0 Å². The Bertz CT molecular complexity index is 1420. The van der Waals surface area contributed by atoms with Gasteiger partial charge < -0.3 is 41.0 Å². The second-order valence-corrected chi connectivity index (χ2v) is 12.2. The Morgan fingerprint density at radius 1 is 0.792 bits per heavy atom. The zero-order valence-electron chi connectivity index (χ0n) is 27.7. The SMILES string of the molecule is CC(C)C[C@H](NC(=O)[C@@H](O)[C@@H](Cc1ccccc1)NC(=O)OCC1c2ccccc2-c2ccccc21)C(=O)NCCOCCOCCN. The Labute approximate surface area is 282 Å². The Balaban J connectivity index is 1.37. The predicted molar refractivity (Wildman–Crippen MR) is 183 cm³/mol. The van der Waals surface area contributed by atoms with Crippen LogP contribution in [0.2, 0.25) is 0 Å². The molecule has 0 heterocycles. The average molecular weight is 661 g/mol. The Morgan fingerprint density at radius 3 is 2.02 bits per heavy atom. The van der Waals surface area contributed by atoms with Crippen LogP contribution in [0.1, 0.15) is 42.9 Å². The number of amides is 3. The van der Waals surface area contributed by atoms with Crippen molar-refractivity contribution in [2.75, 3.05) is 46.1 Å². The van der Waals surface area contributed by atoms with Gasteiger partial charge in [0.25, 0.3) is 5.91 Å². The summed E-state index contributed by atoms with van der Waals surface area (Å²) >= 11 is 0. The van der Waals surface area contributed by atoms with Crippen LogP contribution in [0.4, 0.5) is 4.79 Å². The third-order valence-electron chi connectivity index (χ3n) is 8.12. The topological polar surface area (TPSA) is 161 Å². The maximum atomic E-state index is 13.4. The van der Waals surface area contributed by atoms with Crippen LogP contribution in [-0.4, -0.2) is 87.3 Å². The molecule has 6 N–H and O–H groups in total. The molecule has 0 fully saturated rings. The molecule has 3 atom stereocenters. The third kappa shape index (κ3) is 10.6. The number of nitrogens with one attached hydrogen (secondary N) is 3. The van der Waals surface area contributed by atoms with Crippen molar-refractivity contribution in [1.82, 2.24) is 16.0 Å². The van der Waals surface area contributed by atoms with Crippen molar-refractivity contribution in [1.29, 1.82) is 0 Å². The molecule has 258 valence electrons. The lowest BCUT2D eigenvalue weighted by Gasteiger charge is -2.26. The summed E-state index contributed by atoms with van der Waals surface area (Å²) in [5.74, 6) is -1.23. The zero-order chi connectivity index (χ0) is 34.3. The molecule has 3 aromatic rings. The number of ether oxygens (including phenoxy) is 3. The summed E-state index contributed by atoms with van der Waals surface area (Å²) in [5, 5.41) is 19.5. The van der Waals surface area contributed by atoms with Gasteiger partial charge in [-0.15, -0.1) is 0 Å². The first-order valence-electron chi connectivity index (χ1n) is 16.6. The van der Waals surface area contributed by atoms with Gasteiger partial charge in [0, 0.05) is 19.0 Å². The highest BCUT2D eigenvalue weighted by Crippen LogP contribution is 2.44. The molecule has 0 saturated carbocycles. The van der Waals surface area contributed by atoms with Gasteiger partial charge in [0.05, 0.1) is 32.5 Å². The van der Waals surface area contributed by atoms with E-state index in [0.29, 0.717) is 32.8 Å². The number of nitrogens with two attached hydrogens (primary N) is 1. The zero-order valence-corrected chi connectivity index (χ0v) is 27.7. The van der Waals surface area contributed by atoms with E-state index in [1.165, 1.54) is 0 Å². The van der Waals surface area contributed by atoms with Crippen molar-refractivity contribution in [3.8, 4) is 11.1 Å². The number of hydrogen-bond acceptors (Lipinski definition) is 8. The fourth-order valence-electron chi connectivity index (χ4n) is 5.82. The van der Waals surface area contributed by atoms with Crippen molar-refractivity contribution in [2.24, 2.45) is 11.7 Å². The number of aliphatic hydroxyl groups excluding tert-OH is 1. The summed E-state index contributed by atoms with van der Waals surface area (Å²) in [6, 6.07) is 23.4. The van der Waals surface area contributed by atoms with Crippen molar-refractivity contribution in [3.05, 3.63) is 95.6 Å². The molecule has 11 heteroatoms. The number of benzene rings is 3. The van der Waals surface area contributed by atoms with Crippen molar-refractivity contribution in [2.45, 2.75) is 50.8 Å². The van der Waals surface area contributed by atoms with Gasteiger partial charge in [-0.3, -0.25) is 9.59 Å². The largest absolute Gasteiger partial charge is 0.449 e. The van der Waals surface area contributed by atoms with Crippen molar-refractivity contribution in [3.63, 3.8) is 0 Å². The molecule has 1 aliphatic carbocycles. The fraction of sp³-hybridized carbons (Fsp3) is 0.432. The van der Waals surface area contributed by atoms with Crippen LogP contribution in [0.5, 0.6) is 0 Å². The molecular formula is C37H48N4O7. The molecule has 1 aliphatic rings. The normalized spacial score (nSPS) is 14.0. The molecule has 0 unspecified atom stereocenters. The molecule has 0 spiro atoms. The van der Waals surface area contributed by atoms with Crippen LogP contribution in [0.25, 0.3) is 11.1 Å². The minimum absolute atomic E-state index is 0.0770. The van der Waals surface area contributed by atoms with Gasteiger partial charge in [-0.25, -0.2) is 4.79 Å². The highest BCUT2D eigenvalue weighted by Gasteiger charge is 2.33. The number of carbonyl (C=O) groups excluding carboxylic acids is 3. The number of aliphatic hydroxyl groups is 1. The summed E-state index contributed by atoms with van der Waals surface area (Å²) < 4.78 is 16.4. The van der Waals surface area contributed by atoms with Gasteiger partial charge in [0.2, 0.25) is 5.91 Å². The number of rotatable bonds is 19. The molecule has 4 rings (SSSR count). The molecule has 0 aromatic heterocycles. The fourth-order valence-corrected chi connectivity index (χ4v) is 5.82. The van der Waals surface area contributed by atoms with Crippen LogP contribution in [0, 0.1) is 5.92 Å². The van der Waals surface area contributed by atoms with Gasteiger partial charge in [-0.05, 0) is 46.6 Å². The lowest BCUT2D eigenvalue weighted by Crippen LogP contribution is -2.56. The monoisotopic (exact) mass is 660 g/mol. The number of carbonyl (C=O) groups is 3. The van der Waals surface area contributed by atoms with Crippen molar-refractivity contribution < 1.29 is 33.7 Å². The molecule has 0 radical (unpaired) electrons. The molecule has 0 bridgehead atoms. The van der Waals surface area contributed by atoms with E-state index in [0.717, 1.165) is 27.8 Å². The van der Waals surface area contributed by atoms with Gasteiger partial charge >= 0.3 is 6.09 Å². The van der Waals surface area contributed by atoms with Gasteiger partial charge in [0.15, 0.2) is 6.10 Å². The van der Waals surface area contributed by atoms with Crippen molar-refractivity contribution >= 4 is 17.9 Å². The number of alkyl carbamates (subject to hydrolysis) is 1. The smallest absolute Gasteiger partial charge is 0.407 e. The van der Waals surface area contributed by atoms with Gasteiger partial charge in [-0.2, -0.15) is 0 Å². The number of hydrogen-bond donors (Lipinski definition) is 5. The summed E-state index contributed by atoms with van der Waals surface area (Å²) in [6.07, 6.45) is -1.91. The summed E-state index contributed by atoms with van der Waals surface area (Å²) in [6.45, 7) is 6.13. The first-order valence-corrected chi connectivity index (χ1v) is 16.6. The predicted octanol–water partition coefficient (Wildman–Crippen LogP) is 3.14. The second-order valence-electron chi connectivity index (χ2n) is 12.2. The lowest BCUT2D eigenvalue weighted by molar-refractivity contribution is -0.135. The molecule has 0 aliphatic heterocycles. The Kier molecular flexibility index (Phi) is 14.4. The standard InChI is InChI=1S/C37H48N4O7/c1-25(2)22-33(35(43)39-17-19-47-21-20-46-18-16-38)40-36(44)34(42)32(23-26-10-4-3-5-11-26)41-37(45)48-24-31-29-14-8-6-12-27(29)28-13-7-9-15-30(28)31/h3-15,25,31-34,42H,16-24,38H2,1-2H3,(H,39,43)(H,40,44)(H,41,45)/t32-,33+,34+/m1/s1. The summed E-state index contributed by atoms with van der Waals surface area (Å²) in [7, 11) is 0. The van der Waals surface area contributed by atoms with E-state index in [-0.39, 0.29) is 38.0 Å². The second kappa shape index (κ2) is 18.9. The maximum Gasteiger partial charge on any atom is 0.407 e. The van der Waals surface area contributed by atoms with Crippen LogP contribution >= 0.6 is 0 Å². The first kappa shape index (κ1) is 36.5. The summed E-state index contributed by atoms with van der Waals surface area (Å²) in [5.41, 5.74) is 10.6. The quantitative estimate of drug-likeness (QED) is 0.123. The maximum absolute atomic E-state index is 13.4. The first-order chi connectivity index (χ1) is 23.3. The molecule has 48 heavy (non-hydrogen) atoms. The van der Waals surface area contributed by atoms with E-state index in [2.05, 4.69) is 28.1 Å². The average Bonchev–Trinajstić information content (AvgIpc) is 3.41. The number of fused-ring (bicyclic) bond motifs is 3. The van der Waals surface area contributed by atoms with Crippen LogP contribution in [0.15, 0.2) is 78.9 Å². The highest BCUT2D eigenvalue weighted by atomic mass is 16.5. The van der Waals surface area contributed by atoms with Crippen LogP contribution < -0.4 is 21.7 Å². The summed E-state index contributed by atoms with van der Waals surface area (Å²) in [4.78, 5) is 39.7. The third-order valence-corrected chi connectivity index (χ3v) is 8.12. The molecule has 3 aromatic carbocycles. The van der Waals surface area contributed by atoms with E-state index < -0.39 is 36.1 Å². The molecule has 11 nitrogen and oxygen atoms in total. The van der Waals surface area contributed by atoms with Gasteiger partial charge in [0.1, 0.15) is 12.6 Å². The highest BCUT2D eigenvalue weighted by molar-refractivity contribution is 5.90. The molecular weight excluding hydrogens is 612 g/mol. The van der Waals surface area contributed by atoms with E-state index in [1.54, 1.807) is 0 Å². The molecule has 0 saturated heterocycles. The van der Waals surface area contributed by atoms with Gasteiger partial charge in [-0.1, -0.05) is 92.7 Å². The van der Waals surface area contributed by atoms with E-state index >= 15 is 0 Å². The lowest BCUT2D eigenvalue weighted by atomic mass is 9.98. The van der Waals surface area contributed by atoms with E-state index in [4.69, 9.17) is 19.9 Å². The van der Waals surface area contributed by atoms with E-state index in [9.17, 15) is 19.5 Å². The Morgan fingerprint density at radius 2 is 1.40 bits per heavy atom. The molecule has 3 amide bonds. The van der Waals surface area contributed by atoms with E-state index in [1.807, 2.05) is 80.6 Å². The Hall–Kier alpha value is -4.29. The van der Waals surface area contributed by atoms with Crippen LogP contribution in [-0.2, 0) is 30.2 Å². The minimum atomic E-state index is -1.66. The minimum Gasteiger partial charge on any atom is -0.449 e.